The molecule has 2 aliphatic rings. The maximum absolute atomic E-state index is 14.0. The number of halogens is 4. The summed E-state index contributed by atoms with van der Waals surface area (Å²) in [6.07, 6.45) is -3.59. The summed E-state index contributed by atoms with van der Waals surface area (Å²) in [6, 6.07) is 2.44. The second-order valence-corrected chi connectivity index (χ2v) is 10.6. The van der Waals surface area contributed by atoms with E-state index >= 15 is 0 Å². The van der Waals surface area contributed by atoms with Crippen LogP contribution >= 0.6 is 11.6 Å². The van der Waals surface area contributed by atoms with Crippen molar-refractivity contribution in [2.75, 3.05) is 6.61 Å². The molecule has 0 spiro atoms. The van der Waals surface area contributed by atoms with Gasteiger partial charge < -0.3 is 34.5 Å². The van der Waals surface area contributed by atoms with E-state index < -0.39 is 72.6 Å². The van der Waals surface area contributed by atoms with Gasteiger partial charge in [0.25, 0.3) is 5.91 Å². The van der Waals surface area contributed by atoms with Gasteiger partial charge in [-0.15, -0.1) is 5.10 Å². The topological polar surface area (TPSA) is 154 Å². The Hall–Kier alpha value is -3.01. The van der Waals surface area contributed by atoms with Crippen LogP contribution in [0.3, 0.4) is 0 Å². The number of ether oxygens (including phenoxy) is 1. The van der Waals surface area contributed by atoms with E-state index in [0.717, 1.165) is 23.7 Å². The molecule has 15 heteroatoms. The third-order valence-electron chi connectivity index (χ3n) is 7.56. The molecule has 2 fully saturated rings. The molecule has 4 N–H and O–H groups in total. The first-order chi connectivity index (χ1) is 19.6. The van der Waals surface area contributed by atoms with Crippen LogP contribution in [0.15, 0.2) is 34.9 Å². The molecule has 1 aromatic carbocycles. The van der Waals surface area contributed by atoms with Crippen molar-refractivity contribution < 1.29 is 47.5 Å². The molecule has 3 aromatic rings. The van der Waals surface area contributed by atoms with Crippen molar-refractivity contribution in [2.24, 2.45) is 0 Å². The molecule has 0 radical (unpaired) electrons. The van der Waals surface area contributed by atoms with Crippen molar-refractivity contribution >= 4 is 17.5 Å². The number of aromatic nitrogens is 3. The van der Waals surface area contributed by atoms with Crippen LogP contribution in [0.25, 0.3) is 11.3 Å². The average Bonchev–Trinajstić information content (AvgIpc) is 3.60. The van der Waals surface area contributed by atoms with Gasteiger partial charge >= 0.3 is 0 Å². The average molecular weight is 601 g/mol. The number of amides is 1. The number of nitrogens with zero attached hydrogens (tertiary/aromatic N) is 4. The van der Waals surface area contributed by atoms with Gasteiger partial charge in [0, 0.05) is 5.56 Å². The van der Waals surface area contributed by atoms with Gasteiger partial charge in [-0.1, -0.05) is 18.1 Å². The van der Waals surface area contributed by atoms with Crippen molar-refractivity contribution in [1.82, 2.24) is 19.9 Å². The highest BCUT2D eigenvalue weighted by atomic mass is 35.5. The zero-order chi connectivity index (χ0) is 29.4. The largest absolute Gasteiger partial charge is 0.448 e. The molecule has 1 aliphatic heterocycles. The highest BCUT2D eigenvalue weighted by Gasteiger charge is 2.51. The van der Waals surface area contributed by atoms with E-state index in [2.05, 4.69) is 10.3 Å². The fourth-order valence-corrected chi connectivity index (χ4v) is 5.62. The minimum absolute atomic E-state index is 0.0944. The number of benzene rings is 1. The lowest BCUT2D eigenvalue weighted by molar-refractivity contribution is -0.214. The Balaban J connectivity index is 1.46. The number of furan rings is 1. The predicted octanol–water partition coefficient (Wildman–Crippen LogP) is 1.96. The minimum Gasteiger partial charge on any atom is -0.448 e. The monoisotopic (exact) mass is 600 g/mol. The SMILES string of the molecule is O=C(C1OC(CO)C(O)C(n2cc(-c3cc(F)c(F)c(F)c3)nn2)C1O)N(Cc1ccc(Cl)o1)[C@H]1CCCC[C@@H]1O. The van der Waals surface area contributed by atoms with Gasteiger partial charge in [0.15, 0.2) is 28.8 Å². The zero-order valence-corrected chi connectivity index (χ0v) is 22.2. The van der Waals surface area contributed by atoms with Crippen LogP contribution in [0, 0.1) is 17.5 Å². The molecular formula is C26H28ClF3N4O7. The first-order valence-electron chi connectivity index (χ1n) is 13.0. The number of hydrogen-bond donors (Lipinski definition) is 4. The standard InChI is InChI=1S/C26H28ClF3N4O7/c27-20-6-5-13(40-20)9-33(17-3-1-2-4-18(17)36)26(39)25-24(38)22(23(37)19(11-35)41-25)34-10-16(31-32-34)12-7-14(28)21(30)15(29)8-12/h5-8,10,17-19,22-25,35-38H,1-4,9,11H2/t17-,18-,19?,22?,23?,24?,25?/m0/s1. The van der Waals surface area contributed by atoms with Gasteiger partial charge in [-0.05, 0) is 48.7 Å². The molecule has 1 saturated heterocycles. The molecule has 0 bridgehead atoms. The Kier molecular flexibility index (Phi) is 8.68. The van der Waals surface area contributed by atoms with Crippen LogP contribution in [-0.4, -0.2) is 89.4 Å². The van der Waals surface area contributed by atoms with Gasteiger partial charge in [-0.2, -0.15) is 0 Å². The molecule has 1 aliphatic carbocycles. The van der Waals surface area contributed by atoms with Crippen molar-refractivity contribution in [3.63, 3.8) is 0 Å². The maximum Gasteiger partial charge on any atom is 0.255 e. The van der Waals surface area contributed by atoms with E-state index in [-0.39, 0.29) is 23.0 Å². The van der Waals surface area contributed by atoms with Gasteiger partial charge in [-0.3, -0.25) is 4.79 Å². The van der Waals surface area contributed by atoms with E-state index in [9.17, 15) is 38.4 Å². The molecule has 5 unspecified atom stereocenters. The summed E-state index contributed by atoms with van der Waals surface area (Å²) < 4.78 is 53.1. The summed E-state index contributed by atoms with van der Waals surface area (Å²) in [5.41, 5.74) is -0.275. The summed E-state index contributed by atoms with van der Waals surface area (Å²) in [5, 5.41) is 50.7. The van der Waals surface area contributed by atoms with Crippen LogP contribution in [-0.2, 0) is 16.1 Å². The number of aliphatic hydroxyl groups excluding tert-OH is 4. The summed E-state index contributed by atoms with van der Waals surface area (Å²) in [7, 11) is 0. The number of carbonyl (C=O) groups is 1. The lowest BCUT2D eigenvalue weighted by Gasteiger charge is -2.45. The third kappa shape index (κ3) is 5.85. The van der Waals surface area contributed by atoms with Crippen molar-refractivity contribution in [3.05, 3.63) is 58.9 Å². The molecule has 3 heterocycles. The lowest BCUT2D eigenvalue weighted by atomic mass is 9.88. The van der Waals surface area contributed by atoms with E-state index in [1.54, 1.807) is 6.07 Å². The van der Waals surface area contributed by atoms with Crippen molar-refractivity contribution in [2.45, 2.75) is 74.8 Å². The molecule has 5 rings (SSSR count). The lowest BCUT2D eigenvalue weighted by Crippen LogP contribution is -2.62. The fourth-order valence-electron chi connectivity index (χ4n) is 5.46. The number of hydrogen-bond acceptors (Lipinski definition) is 9. The van der Waals surface area contributed by atoms with Gasteiger partial charge in [0.05, 0.1) is 31.5 Å². The van der Waals surface area contributed by atoms with Gasteiger partial charge in [0.1, 0.15) is 35.8 Å². The second kappa shape index (κ2) is 12.1. The third-order valence-corrected chi connectivity index (χ3v) is 7.77. The van der Waals surface area contributed by atoms with E-state index in [4.69, 9.17) is 20.8 Å². The molecule has 2 aromatic heterocycles. The van der Waals surface area contributed by atoms with E-state index in [0.29, 0.717) is 30.7 Å². The van der Waals surface area contributed by atoms with Crippen LogP contribution in [0.5, 0.6) is 0 Å². The Morgan fingerprint density at radius 3 is 2.44 bits per heavy atom. The number of carbonyl (C=O) groups excluding carboxylic acids is 1. The molecule has 11 nitrogen and oxygen atoms in total. The Bertz CT molecular complexity index is 1370. The van der Waals surface area contributed by atoms with Crippen LogP contribution in [0.1, 0.15) is 37.5 Å². The molecular weight excluding hydrogens is 573 g/mol. The second-order valence-electron chi connectivity index (χ2n) is 10.2. The van der Waals surface area contributed by atoms with Crippen molar-refractivity contribution in [3.8, 4) is 11.3 Å². The highest BCUT2D eigenvalue weighted by Crippen LogP contribution is 2.34. The molecule has 41 heavy (non-hydrogen) atoms. The molecule has 222 valence electrons. The zero-order valence-electron chi connectivity index (χ0n) is 21.5. The molecule has 1 amide bonds. The first kappa shape index (κ1) is 29.5. The van der Waals surface area contributed by atoms with Crippen LogP contribution in [0.2, 0.25) is 5.22 Å². The Morgan fingerprint density at radius 2 is 1.80 bits per heavy atom. The summed E-state index contributed by atoms with van der Waals surface area (Å²) in [6.45, 7) is -0.837. The molecule has 7 atom stereocenters. The van der Waals surface area contributed by atoms with E-state index in [1.807, 2.05) is 0 Å². The smallest absolute Gasteiger partial charge is 0.255 e. The maximum atomic E-state index is 14.0. The summed E-state index contributed by atoms with van der Waals surface area (Å²) in [4.78, 5) is 15.3. The van der Waals surface area contributed by atoms with Crippen molar-refractivity contribution in [1.29, 1.82) is 0 Å². The normalized spacial score (nSPS) is 28.5. The predicted molar refractivity (Wildman–Crippen MR) is 135 cm³/mol. The Morgan fingerprint density at radius 1 is 1.10 bits per heavy atom. The fraction of sp³-hybridized carbons (Fsp3) is 0.500. The first-order valence-corrected chi connectivity index (χ1v) is 13.4. The summed E-state index contributed by atoms with van der Waals surface area (Å²) >= 11 is 5.91. The number of aliphatic hydroxyl groups is 4. The van der Waals surface area contributed by atoms with Crippen LogP contribution < -0.4 is 0 Å². The van der Waals surface area contributed by atoms with Gasteiger partial charge in [-0.25, -0.2) is 17.9 Å². The number of rotatable bonds is 7. The quantitative estimate of drug-likeness (QED) is 0.298. The summed E-state index contributed by atoms with van der Waals surface area (Å²) in [5.74, 6) is -4.98. The minimum atomic E-state index is -1.75. The van der Waals surface area contributed by atoms with Gasteiger partial charge in [0.2, 0.25) is 0 Å². The van der Waals surface area contributed by atoms with E-state index in [1.165, 1.54) is 11.0 Å². The van der Waals surface area contributed by atoms with Crippen LogP contribution in [0.4, 0.5) is 13.2 Å². The highest BCUT2D eigenvalue weighted by molar-refractivity contribution is 6.28. The Labute approximate surface area is 236 Å². The molecule has 1 saturated carbocycles.